The van der Waals surface area contributed by atoms with E-state index >= 15 is 0 Å². The number of carbonyl (C=O) groups excluding carboxylic acids is 2. The average Bonchev–Trinajstić information content (AvgIpc) is 3.64. The van der Waals surface area contributed by atoms with Gasteiger partial charge in [-0.2, -0.15) is 4.72 Å². The number of hydrogen-bond donors (Lipinski definition) is 3. The third-order valence-corrected chi connectivity index (χ3v) is 11.7. The Morgan fingerprint density at radius 2 is 1.55 bits per heavy atom. The molecule has 0 aromatic heterocycles. The van der Waals surface area contributed by atoms with Crippen LogP contribution in [0.3, 0.4) is 0 Å². The first kappa shape index (κ1) is 41.2. The molecule has 11 nitrogen and oxygen atoms in total. The van der Waals surface area contributed by atoms with Crippen LogP contribution in [0.1, 0.15) is 80.7 Å². The first-order valence-corrected chi connectivity index (χ1v) is 20.7. The zero-order chi connectivity index (χ0) is 40.0. The van der Waals surface area contributed by atoms with Crippen LogP contribution in [0, 0.1) is 12.8 Å². The second-order valence-electron chi connectivity index (χ2n) is 15.8. The Kier molecular flexibility index (Phi) is 13.1. The number of nitrogens with zero attached hydrogens (tertiary/aromatic N) is 1. The number of carbonyl (C=O) groups is 2. The van der Waals surface area contributed by atoms with Crippen LogP contribution in [0.5, 0.6) is 0 Å². The van der Waals surface area contributed by atoms with Crippen LogP contribution in [-0.2, 0) is 46.9 Å². The second kappa shape index (κ2) is 17.8. The highest BCUT2D eigenvalue weighted by Gasteiger charge is 2.42. The summed E-state index contributed by atoms with van der Waals surface area (Å²) in [5.74, 6) is -0.822. The highest BCUT2D eigenvalue weighted by atomic mass is 32.2. The Morgan fingerprint density at radius 1 is 0.893 bits per heavy atom. The molecule has 2 aliphatic heterocycles. The van der Waals surface area contributed by atoms with Gasteiger partial charge in [0.1, 0.15) is 17.7 Å². The smallest absolute Gasteiger partial charge is 0.323 e. The van der Waals surface area contributed by atoms with Gasteiger partial charge in [0, 0.05) is 23.7 Å². The van der Waals surface area contributed by atoms with Crippen molar-refractivity contribution in [2.24, 2.45) is 5.92 Å². The number of likely N-dealkylation sites (tertiary alicyclic amines) is 1. The zero-order valence-corrected chi connectivity index (χ0v) is 33.5. The predicted octanol–water partition coefficient (Wildman–Crippen LogP) is 6.61. The third-order valence-electron chi connectivity index (χ3n) is 10.3. The summed E-state index contributed by atoms with van der Waals surface area (Å²) in [7, 11) is -4.01. The summed E-state index contributed by atoms with van der Waals surface area (Å²) in [6.45, 7) is 10.8. The van der Waals surface area contributed by atoms with Crippen molar-refractivity contribution < 1.29 is 37.3 Å². The molecular formula is C44H53N3O8S. The summed E-state index contributed by atoms with van der Waals surface area (Å²) in [5, 5.41) is 12.5. The summed E-state index contributed by atoms with van der Waals surface area (Å²) in [5.41, 5.74) is 4.07. The number of aryl methyl sites for hydroxylation is 1. The van der Waals surface area contributed by atoms with Crippen LogP contribution in [0.15, 0.2) is 108 Å². The van der Waals surface area contributed by atoms with E-state index in [0.717, 1.165) is 47.2 Å². The standard InChI is InChI=1S/C44H53N3O8S/c1-29-13-23-36(24-14-29)56(51,52)46-37(26-31-10-7-6-8-11-31)41(49)45-35-21-19-34(20-22-35)43-53-39(27-47-25-9-12-38(47)42(50)55-44(3,4)5)30(2)40(54-43)33-17-15-32(28-48)16-18-33/h6-8,10-11,13-24,30,37-40,43,46,48H,9,12,25-28H2,1-5H3,(H,45,49)/t30-,37+,38-,39+,40+,43+/m0/s1. The molecule has 4 aromatic carbocycles. The van der Waals surface area contributed by atoms with E-state index in [0.29, 0.717) is 12.2 Å². The van der Waals surface area contributed by atoms with E-state index in [1.54, 1.807) is 24.3 Å². The number of esters is 1. The second-order valence-corrected chi connectivity index (χ2v) is 17.5. The Balaban J connectivity index is 1.21. The minimum Gasteiger partial charge on any atom is -0.459 e. The van der Waals surface area contributed by atoms with Gasteiger partial charge in [0.15, 0.2) is 6.29 Å². The highest BCUT2D eigenvalue weighted by Crippen LogP contribution is 2.42. The van der Waals surface area contributed by atoms with Gasteiger partial charge in [0.25, 0.3) is 0 Å². The lowest BCUT2D eigenvalue weighted by molar-refractivity contribution is -0.276. The fourth-order valence-corrected chi connectivity index (χ4v) is 8.40. The van der Waals surface area contributed by atoms with Crippen molar-refractivity contribution in [1.82, 2.24) is 9.62 Å². The van der Waals surface area contributed by atoms with Crippen molar-refractivity contribution in [3.63, 3.8) is 0 Å². The van der Waals surface area contributed by atoms with Gasteiger partial charge in [0.05, 0.1) is 23.7 Å². The van der Waals surface area contributed by atoms with Gasteiger partial charge >= 0.3 is 5.97 Å². The number of benzene rings is 4. The van der Waals surface area contributed by atoms with Crippen molar-refractivity contribution in [2.75, 3.05) is 18.4 Å². The van der Waals surface area contributed by atoms with Crippen LogP contribution in [0.2, 0.25) is 0 Å². The Labute approximate surface area is 330 Å². The van der Waals surface area contributed by atoms with E-state index in [-0.39, 0.29) is 48.1 Å². The van der Waals surface area contributed by atoms with Gasteiger partial charge in [-0.15, -0.1) is 0 Å². The maximum absolute atomic E-state index is 13.8. The van der Waals surface area contributed by atoms with Crippen LogP contribution >= 0.6 is 0 Å². The number of hydrogen-bond acceptors (Lipinski definition) is 9. The monoisotopic (exact) mass is 783 g/mol. The van der Waals surface area contributed by atoms with E-state index in [1.165, 1.54) is 12.1 Å². The minimum atomic E-state index is -4.01. The topological polar surface area (TPSA) is 144 Å². The molecule has 2 heterocycles. The largest absolute Gasteiger partial charge is 0.459 e. The van der Waals surface area contributed by atoms with Crippen molar-refractivity contribution in [1.29, 1.82) is 0 Å². The summed E-state index contributed by atoms with van der Waals surface area (Å²) in [6.07, 6.45) is 0.315. The van der Waals surface area contributed by atoms with Gasteiger partial charge < -0.3 is 24.6 Å². The van der Waals surface area contributed by atoms with Crippen molar-refractivity contribution in [3.05, 3.63) is 131 Å². The molecule has 6 rings (SSSR count). The number of rotatable bonds is 13. The van der Waals surface area contributed by atoms with Crippen molar-refractivity contribution in [2.45, 2.75) is 102 Å². The maximum atomic E-state index is 13.8. The fourth-order valence-electron chi connectivity index (χ4n) is 7.20. The molecule has 0 unspecified atom stereocenters. The third kappa shape index (κ3) is 10.5. The molecule has 56 heavy (non-hydrogen) atoms. The quantitative estimate of drug-likeness (QED) is 0.128. The lowest BCUT2D eigenvalue weighted by atomic mass is 9.90. The van der Waals surface area contributed by atoms with E-state index in [2.05, 4.69) is 21.9 Å². The predicted molar refractivity (Wildman–Crippen MR) is 214 cm³/mol. The first-order valence-electron chi connectivity index (χ1n) is 19.2. The fraction of sp³-hybridized carbons (Fsp3) is 0.409. The molecule has 0 bridgehead atoms. The Bertz CT molecular complexity index is 2040. The van der Waals surface area contributed by atoms with Crippen LogP contribution < -0.4 is 10.0 Å². The van der Waals surface area contributed by atoms with Crippen molar-refractivity contribution in [3.8, 4) is 0 Å². The Hall–Kier alpha value is -4.43. The summed E-state index contributed by atoms with van der Waals surface area (Å²) in [4.78, 5) is 29.2. The molecule has 2 aliphatic rings. The van der Waals surface area contributed by atoms with E-state index in [1.807, 2.05) is 94.4 Å². The SMILES string of the molecule is Cc1ccc(S(=O)(=O)N[C@H](Cc2ccccc2)C(=O)Nc2ccc([C@@H]3O[C@H](CN4CCC[C@H]4C(=O)OC(C)(C)C)[C@H](C)[C@H](c4ccc(CO)cc4)O3)cc2)cc1. The summed E-state index contributed by atoms with van der Waals surface area (Å²) < 4.78 is 48.5. The number of nitrogens with one attached hydrogen (secondary N) is 2. The maximum Gasteiger partial charge on any atom is 0.323 e. The number of sulfonamides is 1. The molecule has 3 N–H and O–H groups in total. The first-order chi connectivity index (χ1) is 26.7. The van der Waals surface area contributed by atoms with E-state index in [4.69, 9.17) is 14.2 Å². The highest BCUT2D eigenvalue weighted by molar-refractivity contribution is 7.89. The summed E-state index contributed by atoms with van der Waals surface area (Å²) in [6, 6.07) is 29.1. The van der Waals surface area contributed by atoms with Crippen LogP contribution in [0.25, 0.3) is 0 Å². The van der Waals surface area contributed by atoms with Crippen LogP contribution in [-0.4, -0.2) is 67.2 Å². The molecule has 2 fully saturated rings. The van der Waals surface area contributed by atoms with E-state index in [9.17, 15) is 23.1 Å². The molecule has 0 spiro atoms. The number of ether oxygens (including phenoxy) is 3. The summed E-state index contributed by atoms with van der Waals surface area (Å²) >= 11 is 0. The molecule has 12 heteroatoms. The molecule has 0 aliphatic carbocycles. The number of aliphatic hydroxyl groups is 1. The lowest BCUT2D eigenvalue weighted by Gasteiger charge is -2.43. The molecule has 6 atom stereocenters. The van der Waals surface area contributed by atoms with E-state index < -0.39 is 33.9 Å². The van der Waals surface area contributed by atoms with Crippen LogP contribution in [0.4, 0.5) is 5.69 Å². The lowest BCUT2D eigenvalue weighted by Crippen LogP contribution is -2.48. The Morgan fingerprint density at radius 3 is 2.20 bits per heavy atom. The molecule has 1 amide bonds. The van der Waals surface area contributed by atoms with Crippen molar-refractivity contribution >= 4 is 27.6 Å². The van der Waals surface area contributed by atoms with Gasteiger partial charge in [-0.05, 0) is 94.5 Å². The molecule has 0 saturated carbocycles. The molecule has 2 saturated heterocycles. The number of anilines is 1. The van der Waals surface area contributed by atoms with Gasteiger partial charge in [-0.25, -0.2) is 8.42 Å². The zero-order valence-electron chi connectivity index (χ0n) is 32.7. The van der Waals surface area contributed by atoms with Gasteiger partial charge in [0.2, 0.25) is 15.9 Å². The van der Waals surface area contributed by atoms with Gasteiger partial charge in [-0.1, -0.05) is 91.3 Å². The molecule has 298 valence electrons. The number of aliphatic hydroxyl groups excluding tert-OH is 1. The minimum absolute atomic E-state index is 0.0642. The normalized spacial score (nSPS) is 22.4. The molecule has 0 radical (unpaired) electrons. The van der Waals surface area contributed by atoms with Gasteiger partial charge in [-0.3, -0.25) is 14.5 Å². The average molecular weight is 784 g/mol. The molecule has 4 aromatic rings. The molecular weight excluding hydrogens is 731 g/mol. The number of amides is 1.